The fourth-order valence-electron chi connectivity index (χ4n) is 3.23. The highest BCUT2D eigenvalue weighted by Gasteiger charge is 2.26. The molecule has 1 aromatic carbocycles. The largest absolute Gasteiger partial charge is 0.490 e. The summed E-state index contributed by atoms with van der Waals surface area (Å²) in [4.78, 5) is 2.45. The van der Waals surface area contributed by atoms with Crippen LogP contribution in [0, 0.1) is 5.92 Å². The van der Waals surface area contributed by atoms with Gasteiger partial charge in [-0.2, -0.15) is 0 Å². The number of benzene rings is 1. The third kappa shape index (κ3) is 3.33. The van der Waals surface area contributed by atoms with Gasteiger partial charge in [0.05, 0.1) is 13.2 Å². The lowest BCUT2D eigenvalue weighted by Crippen LogP contribution is -2.42. The molecule has 0 aliphatic carbocycles. The molecule has 1 N–H and O–H groups in total. The van der Waals surface area contributed by atoms with E-state index in [4.69, 9.17) is 9.47 Å². The zero-order valence-electron chi connectivity index (χ0n) is 12.8. The maximum atomic E-state index is 9.42. The van der Waals surface area contributed by atoms with E-state index in [0.717, 1.165) is 57.1 Å². The molecule has 4 heteroatoms. The van der Waals surface area contributed by atoms with Crippen molar-refractivity contribution in [1.29, 1.82) is 0 Å². The van der Waals surface area contributed by atoms with Gasteiger partial charge in [0, 0.05) is 37.7 Å². The average molecular weight is 291 g/mol. The Morgan fingerprint density at radius 1 is 1.24 bits per heavy atom. The van der Waals surface area contributed by atoms with Crippen LogP contribution in [0.2, 0.25) is 0 Å². The van der Waals surface area contributed by atoms with Crippen molar-refractivity contribution in [3.05, 3.63) is 23.8 Å². The van der Waals surface area contributed by atoms with Crippen LogP contribution in [-0.2, 0) is 6.54 Å². The van der Waals surface area contributed by atoms with Crippen molar-refractivity contribution in [2.75, 3.05) is 26.4 Å². The molecule has 0 amide bonds. The minimum atomic E-state index is 0.287. The van der Waals surface area contributed by atoms with Gasteiger partial charge in [-0.25, -0.2) is 0 Å². The summed E-state index contributed by atoms with van der Waals surface area (Å²) in [6, 6.07) is 6.71. The molecule has 0 spiro atoms. The molecule has 2 heterocycles. The maximum Gasteiger partial charge on any atom is 0.165 e. The highest BCUT2D eigenvalue weighted by molar-refractivity contribution is 5.47. The first-order valence-electron chi connectivity index (χ1n) is 8.00. The number of hydrogen-bond acceptors (Lipinski definition) is 4. The zero-order chi connectivity index (χ0) is 14.7. The molecule has 3 rings (SSSR count). The summed E-state index contributed by atoms with van der Waals surface area (Å²) in [5.41, 5.74) is 1.19. The summed E-state index contributed by atoms with van der Waals surface area (Å²) in [6.45, 7) is 5.83. The number of ether oxygens (including phenoxy) is 2. The van der Waals surface area contributed by atoms with Crippen LogP contribution in [0.25, 0.3) is 0 Å². The van der Waals surface area contributed by atoms with Crippen LogP contribution in [0.3, 0.4) is 0 Å². The van der Waals surface area contributed by atoms with Crippen LogP contribution < -0.4 is 9.47 Å². The number of rotatable bonds is 3. The molecule has 0 radical (unpaired) electrons. The molecule has 1 fully saturated rings. The Morgan fingerprint density at radius 3 is 2.95 bits per heavy atom. The van der Waals surface area contributed by atoms with Crippen LogP contribution in [0.1, 0.15) is 31.7 Å². The first-order chi connectivity index (χ1) is 10.3. The molecule has 116 valence electrons. The molecule has 0 bridgehead atoms. The summed E-state index contributed by atoms with van der Waals surface area (Å²) in [5, 5.41) is 9.42. The third-order valence-corrected chi connectivity index (χ3v) is 4.59. The number of fused-ring (bicyclic) bond motifs is 1. The number of hydrogen-bond donors (Lipinski definition) is 1. The van der Waals surface area contributed by atoms with Gasteiger partial charge in [0.1, 0.15) is 0 Å². The molecule has 2 aliphatic heterocycles. The smallest absolute Gasteiger partial charge is 0.165 e. The summed E-state index contributed by atoms with van der Waals surface area (Å²) >= 11 is 0. The fraction of sp³-hybridized carbons (Fsp3) is 0.647. The quantitative estimate of drug-likeness (QED) is 0.929. The first kappa shape index (κ1) is 14.7. The average Bonchev–Trinajstić information content (AvgIpc) is 2.75. The molecule has 1 saturated heterocycles. The van der Waals surface area contributed by atoms with E-state index in [9.17, 15) is 5.11 Å². The second-order valence-electron chi connectivity index (χ2n) is 6.20. The Kier molecular flexibility index (Phi) is 4.66. The molecule has 2 aliphatic rings. The predicted octanol–water partition coefficient (Wildman–Crippen LogP) is 2.44. The standard InChI is InChI=1S/C17H25NO3/c1-13-6-7-14(12-19)10-18(13)11-15-4-2-5-16-17(15)21-9-3-8-20-16/h2,4-5,13-14,19H,3,6-12H2,1H3. The minimum absolute atomic E-state index is 0.287. The Hall–Kier alpha value is -1.26. The number of piperidine rings is 1. The van der Waals surface area contributed by atoms with Crippen molar-refractivity contribution in [2.45, 2.75) is 38.8 Å². The van der Waals surface area contributed by atoms with Crippen LogP contribution in [0.4, 0.5) is 0 Å². The summed E-state index contributed by atoms with van der Waals surface area (Å²) in [6.07, 6.45) is 3.21. The third-order valence-electron chi connectivity index (χ3n) is 4.59. The van der Waals surface area contributed by atoms with Crippen molar-refractivity contribution < 1.29 is 14.6 Å². The molecule has 21 heavy (non-hydrogen) atoms. The Balaban J connectivity index is 1.77. The van der Waals surface area contributed by atoms with Crippen molar-refractivity contribution in [1.82, 2.24) is 4.90 Å². The molecule has 2 atom stereocenters. The monoisotopic (exact) mass is 291 g/mol. The highest BCUT2D eigenvalue weighted by atomic mass is 16.5. The van der Waals surface area contributed by atoms with E-state index in [1.54, 1.807) is 0 Å². The van der Waals surface area contributed by atoms with Crippen LogP contribution >= 0.6 is 0 Å². The minimum Gasteiger partial charge on any atom is -0.490 e. The van der Waals surface area contributed by atoms with E-state index in [1.807, 2.05) is 12.1 Å². The van der Waals surface area contributed by atoms with Crippen LogP contribution in [-0.4, -0.2) is 42.4 Å². The maximum absolute atomic E-state index is 9.42. The fourth-order valence-corrected chi connectivity index (χ4v) is 3.23. The molecule has 2 unspecified atom stereocenters. The van der Waals surface area contributed by atoms with E-state index in [2.05, 4.69) is 17.9 Å². The van der Waals surface area contributed by atoms with Crippen molar-refractivity contribution >= 4 is 0 Å². The number of aliphatic hydroxyl groups excluding tert-OH is 1. The van der Waals surface area contributed by atoms with Gasteiger partial charge in [0.2, 0.25) is 0 Å². The van der Waals surface area contributed by atoms with Gasteiger partial charge in [-0.3, -0.25) is 4.90 Å². The normalized spacial score (nSPS) is 26.4. The van der Waals surface area contributed by atoms with E-state index >= 15 is 0 Å². The summed E-state index contributed by atoms with van der Waals surface area (Å²) in [5.74, 6) is 2.18. The molecule has 0 aromatic heterocycles. The second kappa shape index (κ2) is 6.67. The van der Waals surface area contributed by atoms with Crippen molar-refractivity contribution in [3.63, 3.8) is 0 Å². The van der Waals surface area contributed by atoms with Crippen LogP contribution in [0.5, 0.6) is 11.5 Å². The first-order valence-corrected chi connectivity index (χ1v) is 8.00. The van der Waals surface area contributed by atoms with Gasteiger partial charge in [0.15, 0.2) is 11.5 Å². The van der Waals surface area contributed by atoms with Gasteiger partial charge in [-0.05, 0) is 31.7 Å². The Morgan fingerprint density at radius 2 is 2.10 bits per heavy atom. The summed E-state index contributed by atoms with van der Waals surface area (Å²) < 4.78 is 11.7. The molecular weight excluding hydrogens is 266 g/mol. The number of nitrogens with zero attached hydrogens (tertiary/aromatic N) is 1. The van der Waals surface area contributed by atoms with Gasteiger partial charge >= 0.3 is 0 Å². The Labute approximate surface area is 126 Å². The zero-order valence-corrected chi connectivity index (χ0v) is 12.8. The highest BCUT2D eigenvalue weighted by Crippen LogP contribution is 2.35. The molecule has 0 saturated carbocycles. The van der Waals surface area contributed by atoms with Gasteiger partial charge in [-0.1, -0.05) is 12.1 Å². The van der Waals surface area contributed by atoms with E-state index in [-0.39, 0.29) is 6.61 Å². The summed E-state index contributed by atoms with van der Waals surface area (Å²) in [7, 11) is 0. The van der Waals surface area contributed by atoms with Gasteiger partial charge in [-0.15, -0.1) is 0 Å². The number of para-hydroxylation sites is 1. The molecular formula is C17H25NO3. The van der Waals surface area contributed by atoms with Crippen molar-refractivity contribution in [2.24, 2.45) is 5.92 Å². The number of aliphatic hydroxyl groups is 1. The topological polar surface area (TPSA) is 41.9 Å². The van der Waals surface area contributed by atoms with E-state index < -0.39 is 0 Å². The molecule has 4 nitrogen and oxygen atoms in total. The predicted molar refractivity (Wildman–Crippen MR) is 81.7 cm³/mol. The van der Waals surface area contributed by atoms with Crippen molar-refractivity contribution in [3.8, 4) is 11.5 Å². The lowest BCUT2D eigenvalue weighted by molar-refractivity contribution is 0.0763. The van der Waals surface area contributed by atoms with Crippen LogP contribution in [0.15, 0.2) is 18.2 Å². The number of likely N-dealkylation sites (tertiary alicyclic amines) is 1. The van der Waals surface area contributed by atoms with E-state index in [1.165, 1.54) is 5.56 Å². The lowest BCUT2D eigenvalue weighted by Gasteiger charge is -2.37. The van der Waals surface area contributed by atoms with E-state index in [0.29, 0.717) is 12.0 Å². The van der Waals surface area contributed by atoms with Gasteiger partial charge < -0.3 is 14.6 Å². The van der Waals surface area contributed by atoms with Gasteiger partial charge in [0.25, 0.3) is 0 Å². The second-order valence-corrected chi connectivity index (χ2v) is 6.20. The molecule has 1 aromatic rings. The Bertz CT molecular complexity index is 477. The lowest BCUT2D eigenvalue weighted by atomic mass is 9.93. The SMILES string of the molecule is CC1CCC(CO)CN1Cc1cccc2c1OCCCO2.